The van der Waals surface area contributed by atoms with Crippen molar-refractivity contribution in [2.75, 3.05) is 19.0 Å². The van der Waals surface area contributed by atoms with Crippen molar-refractivity contribution >= 4 is 28.4 Å². The predicted molar refractivity (Wildman–Crippen MR) is 133 cm³/mol. The first-order chi connectivity index (χ1) is 16.5. The lowest BCUT2D eigenvalue weighted by Gasteiger charge is -2.26. The number of nitrogens with zero attached hydrogens (tertiary/aromatic N) is 2. The predicted octanol–water partition coefficient (Wildman–Crippen LogP) is 4.93. The van der Waals surface area contributed by atoms with Gasteiger partial charge in [-0.05, 0) is 47.9 Å². The Labute approximate surface area is 198 Å². The van der Waals surface area contributed by atoms with E-state index >= 15 is 0 Å². The van der Waals surface area contributed by atoms with Crippen LogP contribution in [-0.4, -0.2) is 34.9 Å². The lowest BCUT2D eigenvalue weighted by molar-refractivity contribution is -0.117. The monoisotopic (exact) mass is 453 g/mol. The quantitative estimate of drug-likeness (QED) is 0.450. The number of carbonyl (C=O) groups excluding carboxylic acids is 2. The molecule has 0 saturated heterocycles. The van der Waals surface area contributed by atoms with Gasteiger partial charge in [0.25, 0.3) is 5.91 Å². The molecule has 2 amide bonds. The highest BCUT2D eigenvalue weighted by molar-refractivity contribution is 6.08. The summed E-state index contributed by atoms with van der Waals surface area (Å²) in [6, 6.07) is 23.1. The zero-order valence-corrected chi connectivity index (χ0v) is 19.5. The van der Waals surface area contributed by atoms with Gasteiger partial charge in [0.05, 0.1) is 13.2 Å². The summed E-state index contributed by atoms with van der Waals surface area (Å²) < 4.78 is 7.26. The highest BCUT2D eigenvalue weighted by Crippen LogP contribution is 2.44. The van der Waals surface area contributed by atoms with Gasteiger partial charge in [-0.1, -0.05) is 49.4 Å². The molecule has 0 spiro atoms. The van der Waals surface area contributed by atoms with Gasteiger partial charge in [-0.25, -0.2) is 0 Å². The number of aryl methyl sites for hydroxylation is 2. The van der Waals surface area contributed by atoms with Crippen LogP contribution in [-0.2, 0) is 18.3 Å². The lowest BCUT2D eigenvalue weighted by atomic mass is 9.98. The summed E-state index contributed by atoms with van der Waals surface area (Å²) >= 11 is 0. The molecule has 172 valence electrons. The summed E-state index contributed by atoms with van der Waals surface area (Å²) in [5, 5.41) is 3.96. The molecule has 0 radical (unpaired) electrons. The summed E-state index contributed by atoms with van der Waals surface area (Å²) in [5.41, 5.74) is 5.42. The van der Waals surface area contributed by atoms with E-state index < -0.39 is 0 Å². The molecule has 34 heavy (non-hydrogen) atoms. The highest BCUT2D eigenvalue weighted by atomic mass is 16.5. The zero-order chi connectivity index (χ0) is 23.8. The summed E-state index contributed by atoms with van der Waals surface area (Å²) in [6.07, 6.45) is 0.937. The van der Waals surface area contributed by atoms with E-state index in [2.05, 4.69) is 12.2 Å². The van der Waals surface area contributed by atoms with Crippen LogP contribution in [0, 0.1) is 0 Å². The van der Waals surface area contributed by atoms with Gasteiger partial charge in [-0.15, -0.1) is 0 Å². The van der Waals surface area contributed by atoms with Gasteiger partial charge >= 0.3 is 0 Å². The van der Waals surface area contributed by atoms with Crippen molar-refractivity contribution in [3.63, 3.8) is 0 Å². The smallest absolute Gasteiger partial charge is 0.272 e. The van der Waals surface area contributed by atoms with Crippen molar-refractivity contribution in [3.8, 4) is 5.75 Å². The minimum absolute atomic E-state index is 0.0476. The fourth-order valence-electron chi connectivity index (χ4n) is 4.84. The standard InChI is InChI=1S/C28H27N3O3/c1-4-18-9-13-20(14-10-18)29-24(32)17-31-26(19-11-15-21(34-3)16-12-19)25-22-7-5-6-8-23(22)30(2)27(25)28(31)33/h5-16,26H,4,17H2,1-3H3,(H,29,32). The Morgan fingerprint density at radius 3 is 2.38 bits per heavy atom. The SMILES string of the molecule is CCc1ccc(NC(=O)CN2C(=O)c3c(c4ccccc4n3C)C2c2ccc(OC)cc2)cc1. The van der Waals surface area contributed by atoms with E-state index in [-0.39, 0.29) is 24.4 Å². The van der Waals surface area contributed by atoms with Crippen molar-refractivity contribution in [1.29, 1.82) is 0 Å². The molecule has 0 bridgehead atoms. The minimum atomic E-state index is -0.368. The summed E-state index contributed by atoms with van der Waals surface area (Å²) in [5.74, 6) is 0.366. The Bertz CT molecular complexity index is 1370. The van der Waals surface area contributed by atoms with E-state index in [0.29, 0.717) is 5.69 Å². The van der Waals surface area contributed by atoms with Crippen molar-refractivity contribution in [2.24, 2.45) is 7.05 Å². The number of para-hydroxylation sites is 1. The van der Waals surface area contributed by atoms with Gasteiger partial charge in [-0.3, -0.25) is 9.59 Å². The molecule has 5 rings (SSSR count). The molecule has 0 saturated carbocycles. The molecule has 1 aromatic heterocycles. The van der Waals surface area contributed by atoms with E-state index in [1.54, 1.807) is 12.0 Å². The second-order valence-corrected chi connectivity index (χ2v) is 8.55. The van der Waals surface area contributed by atoms with E-state index in [4.69, 9.17) is 4.74 Å². The molecule has 0 fully saturated rings. The van der Waals surface area contributed by atoms with Crippen molar-refractivity contribution in [3.05, 3.63) is 95.2 Å². The first-order valence-electron chi connectivity index (χ1n) is 11.4. The summed E-state index contributed by atoms with van der Waals surface area (Å²) in [4.78, 5) is 28.4. The Morgan fingerprint density at radius 1 is 1.00 bits per heavy atom. The van der Waals surface area contributed by atoms with Gasteiger partial charge in [0.1, 0.15) is 18.0 Å². The molecular weight excluding hydrogens is 426 g/mol. The van der Waals surface area contributed by atoms with E-state index in [0.717, 1.165) is 39.9 Å². The van der Waals surface area contributed by atoms with Crippen LogP contribution in [0.15, 0.2) is 72.8 Å². The molecule has 1 atom stereocenters. The number of nitrogens with one attached hydrogen (secondary N) is 1. The molecule has 1 aliphatic rings. The second-order valence-electron chi connectivity index (χ2n) is 8.55. The van der Waals surface area contributed by atoms with Gasteiger partial charge in [-0.2, -0.15) is 0 Å². The molecule has 1 aliphatic heterocycles. The van der Waals surface area contributed by atoms with Crippen LogP contribution in [0.4, 0.5) is 5.69 Å². The Morgan fingerprint density at radius 2 is 1.71 bits per heavy atom. The van der Waals surface area contributed by atoms with Gasteiger partial charge in [0, 0.05) is 29.2 Å². The number of ether oxygens (including phenoxy) is 1. The molecule has 6 heteroatoms. The molecule has 3 aromatic carbocycles. The molecule has 1 unspecified atom stereocenters. The summed E-state index contributed by atoms with van der Waals surface area (Å²) in [6.45, 7) is 2.04. The van der Waals surface area contributed by atoms with Crippen LogP contribution in [0.1, 0.15) is 40.1 Å². The molecule has 2 heterocycles. The third-order valence-electron chi connectivity index (χ3n) is 6.59. The molecule has 1 N–H and O–H groups in total. The van der Waals surface area contributed by atoms with Crippen LogP contribution < -0.4 is 10.1 Å². The second kappa shape index (κ2) is 8.71. The van der Waals surface area contributed by atoms with Crippen LogP contribution >= 0.6 is 0 Å². The number of rotatable bonds is 6. The van der Waals surface area contributed by atoms with Crippen LogP contribution in [0.2, 0.25) is 0 Å². The Balaban J connectivity index is 1.52. The van der Waals surface area contributed by atoms with Crippen LogP contribution in [0.5, 0.6) is 5.75 Å². The number of hydrogen-bond acceptors (Lipinski definition) is 3. The number of aromatic nitrogens is 1. The number of anilines is 1. The number of amides is 2. The Hall–Kier alpha value is -4.06. The van der Waals surface area contributed by atoms with Crippen molar-refractivity contribution in [2.45, 2.75) is 19.4 Å². The van der Waals surface area contributed by atoms with E-state index in [1.165, 1.54) is 5.56 Å². The average Bonchev–Trinajstić information content (AvgIpc) is 3.32. The van der Waals surface area contributed by atoms with E-state index in [9.17, 15) is 9.59 Å². The maximum Gasteiger partial charge on any atom is 0.272 e. The maximum atomic E-state index is 13.7. The van der Waals surface area contributed by atoms with Crippen molar-refractivity contribution in [1.82, 2.24) is 9.47 Å². The van der Waals surface area contributed by atoms with Crippen LogP contribution in [0.25, 0.3) is 10.9 Å². The maximum absolute atomic E-state index is 13.7. The minimum Gasteiger partial charge on any atom is -0.497 e. The summed E-state index contributed by atoms with van der Waals surface area (Å²) in [7, 11) is 3.53. The van der Waals surface area contributed by atoms with E-state index in [1.807, 2.05) is 84.4 Å². The molecule has 6 nitrogen and oxygen atoms in total. The number of methoxy groups -OCH3 is 1. The number of carbonyl (C=O) groups is 2. The van der Waals surface area contributed by atoms with Gasteiger partial charge in [0.2, 0.25) is 5.91 Å². The number of hydrogen-bond donors (Lipinski definition) is 1. The normalized spacial score (nSPS) is 15.0. The fraction of sp³-hybridized carbons (Fsp3) is 0.214. The van der Waals surface area contributed by atoms with Crippen molar-refractivity contribution < 1.29 is 14.3 Å². The first kappa shape index (κ1) is 21.8. The zero-order valence-electron chi connectivity index (χ0n) is 19.5. The molecular formula is C28H27N3O3. The van der Waals surface area contributed by atoms with Gasteiger partial charge < -0.3 is 19.5 Å². The molecule has 0 aliphatic carbocycles. The van der Waals surface area contributed by atoms with Crippen LogP contribution in [0.3, 0.4) is 0 Å². The number of fused-ring (bicyclic) bond motifs is 3. The third-order valence-corrected chi connectivity index (χ3v) is 6.59. The average molecular weight is 454 g/mol. The number of benzene rings is 3. The fourth-order valence-corrected chi connectivity index (χ4v) is 4.84. The lowest BCUT2D eigenvalue weighted by Crippen LogP contribution is -2.37. The third kappa shape index (κ3) is 3.61. The first-order valence-corrected chi connectivity index (χ1v) is 11.4. The largest absolute Gasteiger partial charge is 0.497 e. The molecule has 4 aromatic rings. The highest BCUT2D eigenvalue weighted by Gasteiger charge is 2.42. The topological polar surface area (TPSA) is 63.6 Å². The Kier molecular flexibility index (Phi) is 5.57. The van der Waals surface area contributed by atoms with Gasteiger partial charge in [0.15, 0.2) is 0 Å².